The Morgan fingerprint density at radius 2 is 1.89 bits per heavy atom. The second-order valence-corrected chi connectivity index (χ2v) is 10.9. The zero-order valence-electron chi connectivity index (χ0n) is 20.4. The minimum absolute atomic E-state index is 0.0195. The van der Waals surface area contributed by atoms with Crippen molar-refractivity contribution >= 4 is 45.0 Å². The summed E-state index contributed by atoms with van der Waals surface area (Å²) in [5, 5.41) is 2.79. The first-order chi connectivity index (χ1) is 17.4. The van der Waals surface area contributed by atoms with E-state index in [9.17, 15) is 18.8 Å². The fourth-order valence-electron chi connectivity index (χ4n) is 5.70. The Morgan fingerprint density at radius 3 is 2.57 bits per heavy atom. The Balaban J connectivity index is 1.95. The van der Waals surface area contributed by atoms with Crippen molar-refractivity contribution in [3.05, 3.63) is 80.7 Å². The summed E-state index contributed by atoms with van der Waals surface area (Å²) in [7, 11) is 0. The van der Waals surface area contributed by atoms with Crippen LogP contribution in [0.1, 0.15) is 39.2 Å². The Kier molecular flexibility index (Phi) is 5.78. The summed E-state index contributed by atoms with van der Waals surface area (Å²) in [5.41, 5.74) is 4.84. The van der Waals surface area contributed by atoms with Crippen molar-refractivity contribution < 1.29 is 27.9 Å². The molecule has 10 heteroatoms. The first-order valence-electron chi connectivity index (χ1n) is 11.7. The lowest BCUT2D eigenvalue weighted by molar-refractivity contribution is -0.140. The highest BCUT2D eigenvalue weighted by Gasteiger charge is 2.63. The molecule has 0 saturated heterocycles. The SMILES string of the molecule is CCOC(=O)C1=C(N)N(c2c(F)cc(F)cc2Br)C2=C(C(=O)CC(C)(C)C2)C12C(=O)Nc1ccccc12. The molecule has 0 bridgehead atoms. The van der Waals surface area contributed by atoms with Gasteiger partial charge in [-0.15, -0.1) is 0 Å². The lowest BCUT2D eigenvalue weighted by Crippen LogP contribution is -2.54. The number of carbonyl (C=O) groups is 3. The van der Waals surface area contributed by atoms with E-state index >= 15 is 4.39 Å². The molecule has 3 aliphatic rings. The van der Waals surface area contributed by atoms with Gasteiger partial charge in [0.25, 0.3) is 0 Å². The van der Waals surface area contributed by atoms with Gasteiger partial charge in [-0.2, -0.15) is 0 Å². The summed E-state index contributed by atoms with van der Waals surface area (Å²) < 4.78 is 34.8. The van der Waals surface area contributed by atoms with Crippen LogP contribution in [0, 0.1) is 17.0 Å². The van der Waals surface area contributed by atoms with Gasteiger partial charge in [-0.05, 0) is 46.8 Å². The number of para-hydroxylation sites is 1. The Hall–Kier alpha value is -3.53. The average Bonchev–Trinajstić information content (AvgIpc) is 3.06. The van der Waals surface area contributed by atoms with Crippen LogP contribution in [0.25, 0.3) is 0 Å². The van der Waals surface area contributed by atoms with Gasteiger partial charge in [-0.25, -0.2) is 13.6 Å². The molecule has 1 aliphatic carbocycles. The van der Waals surface area contributed by atoms with Gasteiger partial charge in [0.15, 0.2) is 11.6 Å². The molecule has 2 aromatic carbocycles. The summed E-state index contributed by atoms with van der Waals surface area (Å²) in [6.45, 7) is 5.31. The van der Waals surface area contributed by atoms with Crippen LogP contribution in [0.3, 0.4) is 0 Å². The van der Waals surface area contributed by atoms with Gasteiger partial charge < -0.3 is 15.8 Å². The lowest BCUT2D eigenvalue weighted by Gasteiger charge is -2.47. The van der Waals surface area contributed by atoms with E-state index in [-0.39, 0.29) is 58.1 Å². The molecule has 0 fully saturated rings. The number of Topliss-reactive ketones (excluding diaryl/α,β-unsaturated/α-hetero) is 1. The molecule has 37 heavy (non-hydrogen) atoms. The van der Waals surface area contributed by atoms with Gasteiger partial charge in [0, 0.05) is 39.5 Å². The monoisotopic (exact) mass is 571 g/mol. The summed E-state index contributed by atoms with van der Waals surface area (Å²) in [4.78, 5) is 42.7. The summed E-state index contributed by atoms with van der Waals surface area (Å²) >= 11 is 3.22. The minimum Gasteiger partial charge on any atom is -0.462 e. The van der Waals surface area contributed by atoms with Crippen LogP contribution in [0.15, 0.2) is 63.5 Å². The molecule has 1 unspecified atom stereocenters. The summed E-state index contributed by atoms with van der Waals surface area (Å²) in [5.74, 6) is -3.99. The third-order valence-electron chi connectivity index (χ3n) is 6.97. The largest absolute Gasteiger partial charge is 0.462 e. The number of rotatable bonds is 3. The second kappa shape index (κ2) is 8.51. The molecule has 0 radical (unpaired) electrons. The molecule has 7 nitrogen and oxygen atoms in total. The standard InChI is InChI=1S/C27H24BrF2N3O4/c1-4-37-24(35)21-23(31)33(22-15(28)9-13(29)10-16(22)30)18-11-26(2,3)12-19(34)20(18)27(21)14-7-5-6-8-17(14)32-25(27)36/h5-10H,4,11-12,31H2,1-3H3,(H,32,36). The van der Waals surface area contributed by atoms with E-state index < -0.39 is 34.3 Å². The van der Waals surface area contributed by atoms with Gasteiger partial charge in [0.2, 0.25) is 5.91 Å². The number of allylic oxidation sites excluding steroid dienone is 1. The van der Waals surface area contributed by atoms with Crippen molar-refractivity contribution in [2.45, 2.75) is 39.0 Å². The smallest absolute Gasteiger partial charge is 0.339 e. The van der Waals surface area contributed by atoms with E-state index in [1.807, 2.05) is 13.8 Å². The third kappa shape index (κ3) is 3.53. The van der Waals surface area contributed by atoms with Crippen molar-refractivity contribution in [3.8, 4) is 0 Å². The topological polar surface area (TPSA) is 102 Å². The molecule has 1 atom stereocenters. The van der Waals surface area contributed by atoms with Crippen molar-refractivity contribution in [2.24, 2.45) is 11.1 Å². The number of halogens is 3. The Labute approximate surface area is 220 Å². The first kappa shape index (κ1) is 25.1. The van der Waals surface area contributed by atoms with Crippen molar-refractivity contribution in [1.29, 1.82) is 0 Å². The van der Waals surface area contributed by atoms with Crippen LogP contribution in [0.4, 0.5) is 20.2 Å². The predicted octanol–water partition coefficient (Wildman–Crippen LogP) is 4.81. The van der Waals surface area contributed by atoms with E-state index in [2.05, 4.69) is 21.2 Å². The van der Waals surface area contributed by atoms with E-state index in [1.165, 1.54) is 4.90 Å². The molecule has 0 saturated carbocycles. The maximum atomic E-state index is 15.4. The van der Waals surface area contributed by atoms with Gasteiger partial charge in [-0.3, -0.25) is 14.5 Å². The third-order valence-corrected chi connectivity index (χ3v) is 7.58. The normalized spacial score (nSPS) is 22.3. The van der Waals surface area contributed by atoms with Crippen LogP contribution in [-0.2, 0) is 24.5 Å². The zero-order chi connectivity index (χ0) is 26.9. The highest BCUT2D eigenvalue weighted by Crippen LogP contribution is 2.58. The number of carbonyl (C=O) groups excluding carboxylic acids is 3. The fraction of sp³-hybridized carbons (Fsp3) is 0.296. The van der Waals surface area contributed by atoms with Crippen LogP contribution in [0.5, 0.6) is 0 Å². The van der Waals surface area contributed by atoms with Crippen LogP contribution < -0.4 is 16.0 Å². The minimum atomic E-state index is -1.89. The molecule has 3 N–H and O–H groups in total. The van der Waals surface area contributed by atoms with Crippen molar-refractivity contribution in [3.63, 3.8) is 0 Å². The lowest BCUT2D eigenvalue weighted by atomic mass is 9.60. The highest BCUT2D eigenvalue weighted by molar-refractivity contribution is 9.10. The van der Waals surface area contributed by atoms with Gasteiger partial charge in [0.1, 0.15) is 22.6 Å². The number of fused-ring (bicyclic) bond motifs is 3. The molecule has 2 aliphatic heterocycles. The van der Waals surface area contributed by atoms with Crippen LogP contribution in [0.2, 0.25) is 0 Å². The maximum Gasteiger partial charge on any atom is 0.339 e. The Bertz CT molecular complexity index is 1440. The van der Waals surface area contributed by atoms with Crippen LogP contribution in [-0.4, -0.2) is 24.3 Å². The van der Waals surface area contributed by atoms with Gasteiger partial charge >= 0.3 is 5.97 Å². The highest BCUT2D eigenvalue weighted by atomic mass is 79.9. The van der Waals surface area contributed by atoms with E-state index in [0.29, 0.717) is 17.3 Å². The number of ketones is 1. The number of esters is 1. The second-order valence-electron chi connectivity index (χ2n) is 10.0. The molecule has 1 spiro atoms. The number of hydrogen-bond donors (Lipinski definition) is 2. The summed E-state index contributed by atoms with van der Waals surface area (Å²) in [6, 6.07) is 8.49. The number of ether oxygens (including phenoxy) is 1. The zero-order valence-corrected chi connectivity index (χ0v) is 22.0. The quantitative estimate of drug-likeness (QED) is 0.512. The molecule has 2 aromatic rings. The predicted molar refractivity (Wildman–Crippen MR) is 136 cm³/mol. The van der Waals surface area contributed by atoms with Crippen molar-refractivity contribution in [2.75, 3.05) is 16.8 Å². The van der Waals surface area contributed by atoms with Gasteiger partial charge in [-0.1, -0.05) is 32.0 Å². The number of nitrogens with zero attached hydrogens (tertiary/aromatic N) is 1. The summed E-state index contributed by atoms with van der Waals surface area (Å²) in [6.07, 6.45) is 0.311. The Morgan fingerprint density at radius 1 is 1.19 bits per heavy atom. The average molecular weight is 572 g/mol. The number of benzene rings is 2. The fourth-order valence-corrected chi connectivity index (χ4v) is 6.28. The number of nitrogens with one attached hydrogen (secondary N) is 1. The van der Waals surface area contributed by atoms with E-state index in [4.69, 9.17) is 10.5 Å². The van der Waals surface area contributed by atoms with Crippen molar-refractivity contribution in [1.82, 2.24) is 0 Å². The maximum absolute atomic E-state index is 15.4. The molecule has 5 rings (SSSR count). The first-order valence-corrected chi connectivity index (χ1v) is 12.5. The molecule has 2 heterocycles. The molecule has 1 amide bonds. The van der Waals surface area contributed by atoms with Crippen LogP contribution >= 0.6 is 15.9 Å². The van der Waals surface area contributed by atoms with E-state index in [0.717, 1.165) is 6.07 Å². The van der Waals surface area contributed by atoms with Gasteiger partial charge in [0.05, 0.1) is 12.3 Å². The van der Waals surface area contributed by atoms with E-state index in [1.54, 1.807) is 31.2 Å². The molecular weight excluding hydrogens is 548 g/mol. The number of nitrogens with two attached hydrogens (primary N) is 1. The molecule has 192 valence electrons. The number of hydrogen-bond acceptors (Lipinski definition) is 6. The molecule has 0 aromatic heterocycles. The molecular formula is C27H24BrF2N3O4. The number of amides is 1. The number of anilines is 2.